The predicted molar refractivity (Wildman–Crippen MR) is 100 cm³/mol. The average Bonchev–Trinajstić information content (AvgIpc) is 3.07. The summed E-state index contributed by atoms with van der Waals surface area (Å²) in [5.41, 5.74) is 2.53. The highest BCUT2D eigenvalue weighted by atomic mass is 32.1. The van der Waals surface area contributed by atoms with Crippen molar-refractivity contribution in [2.24, 2.45) is 5.92 Å². The lowest BCUT2D eigenvalue weighted by Crippen LogP contribution is -2.43. The second kappa shape index (κ2) is 7.61. The van der Waals surface area contributed by atoms with Crippen LogP contribution in [0.3, 0.4) is 0 Å². The van der Waals surface area contributed by atoms with Gasteiger partial charge in [0.1, 0.15) is 0 Å². The minimum Gasteiger partial charge on any atom is -0.338 e. The minimum atomic E-state index is -0.206. The molecule has 1 N–H and O–H groups in total. The van der Waals surface area contributed by atoms with Gasteiger partial charge in [-0.25, -0.2) is 4.98 Å². The fraction of sp³-hybridized carbons (Fsp3) is 0.316. The van der Waals surface area contributed by atoms with Crippen molar-refractivity contribution in [3.05, 3.63) is 47.3 Å². The lowest BCUT2D eigenvalue weighted by atomic mass is 9.96. The quantitative estimate of drug-likeness (QED) is 0.854. The van der Waals surface area contributed by atoms with Crippen LogP contribution in [0.2, 0.25) is 0 Å². The van der Waals surface area contributed by atoms with Crippen LogP contribution in [-0.2, 0) is 9.59 Å². The number of carbonyl (C=O) groups excluding carboxylic acids is 2. The SMILES string of the molecule is C=CC(=O)N1CCCC(C(=O)Nc2ccccc2-c2csc(C)n2)C1. The maximum Gasteiger partial charge on any atom is 0.245 e. The Morgan fingerprint density at radius 2 is 2.20 bits per heavy atom. The second-order valence-corrected chi connectivity index (χ2v) is 7.18. The van der Waals surface area contributed by atoms with Crippen LogP contribution >= 0.6 is 11.3 Å². The summed E-state index contributed by atoms with van der Waals surface area (Å²) < 4.78 is 0. The number of para-hydroxylation sites is 1. The van der Waals surface area contributed by atoms with Gasteiger partial charge in [-0.3, -0.25) is 9.59 Å². The number of carbonyl (C=O) groups is 2. The van der Waals surface area contributed by atoms with Gasteiger partial charge in [-0.2, -0.15) is 0 Å². The Morgan fingerprint density at radius 3 is 2.92 bits per heavy atom. The normalized spacial score (nSPS) is 17.2. The molecule has 3 rings (SSSR count). The number of rotatable bonds is 4. The van der Waals surface area contributed by atoms with Gasteiger partial charge >= 0.3 is 0 Å². The van der Waals surface area contributed by atoms with E-state index in [4.69, 9.17) is 0 Å². The van der Waals surface area contributed by atoms with E-state index < -0.39 is 0 Å². The van der Waals surface area contributed by atoms with Crippen LogP contribution in [0.15, 0.2) is 42.3 Å². The molecule has 1 atom stereocenters. The van der Waals surface area contributed by atoms with Crippen molar-refractivity contribution in [3.8, 4) is 11.3 Å². The lowest BCUT2D eigenvalue weighted by molar-refractivity contribution is -0.130. The molecule has 2 heterocycles. The van der Waals surface area contributed by atoms with Gasteiger partial charge in [0.25, 0.3) is 0 Å². The highest BCUT2D eigenvalue weighted by Gasteiger charge is 2.28. The van der Waals surface area contributed by atoms with Gasteiger partial charge in [0.15, 0.2) is 0 Å². The fourth-order valence-electron chi connectivity index (χ4n) is 3.06. The second-order valence-electron chi connectivity index (χ2n) is 6.11. The first-order chi connectivity index (χ1) is 12.1. The largest absolute Gasteiger partial charge is 0.338 e. The number of hydrogen-bond donors (Lipinski definition) is 1. The van der Waals surface area contributed by atoms with Crippen LogP contribution in [0.5, 0.6) is 0 Å². The molecule has 1 aromatic carbocycles. The first kappa shape index (κ1) is 17.4. The standard InChI is InChI=1S/C19H21N3O2S/c1-3-18(23)22-10-6-7-14(11-22)19(24)21-16-9-5-4-8-15(16)17-12-25-13(2)20-17/h3-5,8-9,12,14H,1,6-7,10-11H2,2H3,(H,21,24). The summed E-state index contributed by atoms with van der Waals surface area (Å²) in [6.45, 7) is 6.61. The van der Waals surface area contributed by atoms with E-state index in [1.54, 1.807) is 16.2 Å². The molecular formula is C19H21N3O2S. The summed E-state index contributed by atoms with van der Waals surface area (Å²) >= 11 is 1.58. The van der Waals surface area contributed by atoms with E-state index in [0.717, 1.165) is 34.8 Å². The number of aryl methyl sites for hydroxylation is 1. The van der Waals surface area contributed by atoms with Gasteiger partial charge in [-0.05, 0) is 31.9 Å². The van der Waals surface area contributed by atoms with Crippen molar-refractivity contribution in [2.75, 3.05) is 18.4 Å². The zero-order valence-electron chi connectivity index (χ0n) is 14.2. The van der Waals surface area contributed by atoms with Gasteiger partial charge in [0.05, 0.1) is 22.3 Å². The molecule has 2 aromatic rings. The Labute approximate surface area is 151 Å². The predicted octanol–water partition coefficient (Wildman–Crippen LogP) is 3.48. The highest BCUT2D eigenvalue weighted by molar-refractivity contribution is 7.09. The molecular weight excluding hydrogens is 334 g/mol. The van der Waals surface area contributed by atoms with E-state index in [2.05, 4.69) is 16.9 Å². The van der Waals surface area contributed by atoms with Crippen LogP contribution in [-0.4, -0.2) is 34.8 Å². The monoisotopic (exact) mass is 355 g/mol. The molecule has 0 spiro atoms. The number of thiazole rings is 1. The zero-order chi connectivity index (χ0) is 17.8. The van der Waals surface area contributed by atoms with Crippen molar-refractivity contribution in [1.82, 2.24) is 9.88 Å². The summed E-state index contributed by atoms with van der Waals surface area (Å²) in [7, 11) is 0. The molecule has 130 valence electrons. The van der Waals surface area contributed by atoms with Crippen molar-refractivity contribution < 1.29 is 9.59 Å². The number of hydrogen-bond acceptors (Lipinski definition) is 4. The van der Waals surface area contributed by atoms with Gasteiger partial charge in [0, 0.05) is 24.0 Å². The molecule has 1 aliphatic rings. The third kappa shape index (κ3) is 3.96. The summed E-state index contributed by atoms with van der Waals surface area (Å²) in [5, 5.41) is 6.01. The van der Waals surface area contributed by atoms with E-state index in [1.165, 1.54) is 6.08 Å². The van der Waals surface area contributed by atoms with Gasteiger partial charge < -0.3 is 10.2 Å². The molecule has 0 saturated carbocycles. The van der Waals surface area contributed by atoms with Crippen molar-refractivity contribution in [2.45, 2.75) is 19.8 Å². The van der Waals surface area contributed by atoms with Gasteiger partial charge in [0.2, 0.25) is 11.8 Å². The smallest absolute Gasteiger partial charge is 0.245 e. The molecule has 1 unspecified atom stereocenters. The number of piperidine rings is 1. The first-order valence-electron chi connectivity index (χ1n) is 8.32. The molecule has 1 fully saturated rings. The van der Waals surface area contributed by atoms with E-state index >= 15 is 0 Å². The maximum atomic E-state index is 12.7. The van der Waals surface area contributed by atoms with E-state index in [9.17, 15) is 9.59 Å². The Balaban J connectivity index is 1.75. The Hall–Kier alpha value is -2.47. The minimum absolute atomic E-state index is 0.0547. The number of likely N-dealkylation sites (tertiary alicyclic amines) is 1. The van der Waals surface area contributed by atoms with Crippen molar-refractivity contribution in [3.63, 3.8) is 0 Å². The Kier molecular flexibility index (Phi) is 5.28. The zero-order valence-corrected chi connectivity index (χ0v) is 15.0. The third-order valence-corrected chi connectivity index (χ3v) is 5.13. The van der Waals surface area contributed by atoms with Crippen LogP contribution in [0.1, 0.15) is 17.8 Å². The number of nitrogens with zero attached hydrogens (tertiary/aromatic N) is 2. The molecule has 0 bridgehead atoms. The Morgan fingerprint density at radius 1 is 1.40 bits per heavy atom. The molecule has 1 aliphatic heterocycles. The maximum absolute atomic E-state index is 12.7. The average molecular weight is 355 g/mol. The van der Waals surface area contributed by atoms with Crippen LogP contribution in [0, 0.1) is 12.8 Å². The number of anilines is 1. The van der Waals surface area contributed by atoms with Crippen LogP contribution in [0.25, 0.3) is 11.3 Å². The molecule has 2 amide bonds. The molecule has 5 nitrogen and oxygen atoms in total. The number of benzene rings is 1. The lowest BCUT2D eigenvalue weighted by Gasteiger charge is -2.31. The number of amides is 2. The van der Waals surface area contributed by atoms with Gasteiger partial charge in [-0.1, -0.05) is 24.8 Å². The molecule has 0 radical (unpaired) electrons. The summed E-state index contributed by atoms with van der Waals surface area (Å²) in [4.78, 5) is 30.7. The summed E-state index contributed by atoms with van der Waals surface area (Å²) in [5.74, 6) is -0.375. The van der Waals surface area contributed by atoms with E-state index in [0.29, 0.717) is 13.1 Å². The molecule has 25 heavy (non-hydrogen) atoms. The van der Waals surface area contributed by atoms with Crippen molar-refractivity contribution >= 4 is 28.8 Å². The summed E-state index contributed by atoms with van der Waals surface area (Å²) in [6.07, 6.45) is 2.91. The van der Waals surface area contributed by atoms with Crippen LogP contribution in [0.4, 0.5) is 5.69 Å². The number of nitrogens with one attached hydrogen (secondary N) is 1. The summed E-state index contributed by atoms with van der Waals surface area (Å²) in [6, 6.07) is 7.67. The van der Waals surface area contributed by atoms with Crippen LogP contribution < -0.4 is 5.32 Å². The van der Waals surface area contributed by atoms with E-state index in [1.807, 2.05) is 36.6 Å². The van der Waals surface area contributed by atoms with E-state index in [-0.39, 0.29) is 17.7 Å². The molecule has 6 heteroatoms. The van der Waals surface area contributed by atoms with Crippen molar-refractivity contribution in [1.29, 1.82) is 0 Å². The first-order valence-corrected chi connectivity index (χ1v) is 9.20. The number of aromatic nitrogens is 1. The fourth-order valence-corrected chi connectivity index (χ4v) is 3.67. The van der Waals surface area contributed by atoms with Gasteiger partial charge in [-0.15, -0.1) is 11.3 Å². The molecule has 0 aliphatic carbocycles. The highest BCUT2D eigenvalue weighted by Crippen LogP contribution is 2.29. The topological polar surface area (TPSA) is 62.3 Å². The Bertz CT molecular complexity index is 799. The molecule has 1 aromatic heterocycles. The third-order valence-electron chi connectivity index (χ3n) is 4.36. The molecule has 1 saturated heterocycles.